The molecule has 3 heteroatoms. The third-order valence-corrected chi connectivity index (χ3v) is 2.64. The molecule has 13 heavy (non-hydrogen) atoms. The first-order valence-corrected chi connectivity index (χ1v) is 4.94. The lowest BCUT2D eigenvalue weighted by atomic mass is 9.88. The monoisotopic (exact) mass is 185 g/mol. The molecular weight excluding hydrogens is 166 g/mol. The van der Waals surface area contributed by atoms with Crippen LogP contribution in [0.3, 0.4) is 0 Å². The molecule has 1 aliphatic heterocycles. The number of amides is 1. The minimum atomic E-state index is -0.351. The molecule has 1 saturated heterocycles. The van der Waals surface area contributed by atoms with Crippen molar-refractivity contribution < 1.29 is 9.90 Å². The number of nitrogens with zero attached hydrogens (tertiary/aromatic N) is 1. The Balaban J connectivity index is 2.59. The van der Waals surface area contributed by atoms with Gasteiger partial charge in [-0.05, 0) is 18.3 Å². The Morgan fingerprint density at radius 3 is 2.77 bits per heavy atom. The number of rotatable bonds is 1. The molecule has 76 valence electrons. The van der Waals surface area contributed by atoms with E-state index in [1.165, 1.54) is 12.8 Å². The first-order chi connectivity index (χ1) is 6.05. The van der Waals surface area contributed by atoms with Gasteiger partial charge >= 0.3 is 0 Å². The van der Waals surface area contributed by atoms with Gasteiger partial charge < -0.3 is 10.0 Å². The Kier molecular flexibility index (Phi) is 3.31. The van der Waals surface area contributed by atoms with Gasteiger partial charge in [0.1, 0.15) is 6.61 Å². The Morgan fingerprint density at radius 1 is 1.46 bits per heavy atom. The number of carbonyl (C=O) groups excluding carboxylic acids is 1. The lowest BCUT2D eigenvalue weighted by Crippen LogP contribution is -2.39. The summed E-state index contributed by atoms with van der Waals surface area (Å²) in [6, 6.07) is 0. The molecule has 1 heterocycles. The number of carbonyl (C=O) groups is 1. The zero-order valence-corrected chi connectivity index (χ0v) is 8.55. The Bertz CT molecular complexity index is 189. The van der Waals surface area contributed by atoms with Crippen molar-refractivity contribution in [2.75, 3.05) is 19.7 Å². The highest BCUT2D eigenvalue weighted by atomic mass is 16.3. The number of hydrogen-bond acceptors (Lipinski definition) is 2. The van der Waals surface area contributed by atoms with Gasteiger partial charge in [-0.3, -0.25) is 4.79 Å². The van der Waals surface area contributed by atoms with Gasteiger partial charge in [0.25, 0.3) is 0 Å². The quantitative estimate of drug-likeness (QED) is 0.662. The SMILES string of the molecule is CC1(C)CCCCN(C(=O)CO)C1. The molecule has 0 atom stereocenters. The molecule has 0 bridgehead atoms. The van der Waals surface area contributed by atoms with E-state index in [0.717, 1.165) is 19.5 Å². The number of aliphatic hydroxyl groups excluding tert-OH is 1. The van der Waals surface area contributed by atoms with Gasteiger partial charge in [-0.15, -0.1) is 0 Å². The van der Waals surface area contributed by atoms with Crippen LogP contribution in [0.25, 0.3) is 0 Å². The summed E-state index contributed by atoms with van der Waals surface area (Å²) in [7, 11) is 0. The van der Waals surface area contributed by atoms with Crippen molar-refractivity contribution in [3.8, 4) is 0 Å². The second-order valence-electron chi connectivity index (χ2n) is 4.59. The van der Waals surface area contributed by atoms with Gasteiger partial charge in [0.05, 0.1) is 0 Å². The summed E-state index contributed by atoms with van der Waals surface area (Å²) in [5.74, 6) is -0.130. The highest BCUT2D eigenvalue weighted by Crippen LogP contribution is 2.27. The maximum Gasteiger partial charge on any atom is 0.248 e. The molecule has 0 aliphatic carbocycles. The Hall–Kier alpha value is -0.570. The molecule has 0 spiro atoms. The van der Waals surface area contributed by atoms with E-state index in [1.54, 1.807) is 4.90 Å². The van der Waals surface area contributed by atoms with E-state index < -0.39 is 0 Å². The molecule has 1 amide bonds. The Morgan fingerprint density at radius 2 is 2.15 bits per heavy atom. The Labute approximate surface area is 79.7 Å². The van der Waals surface area contributed by atoms with Gasteiger partial charge in [0.15, 0.2) is 0 Å². The fourth-order valence-electron chi connectivity index (χ4n) is 1.89. The largest absolute Gasteiger partial charge is 0.387 e. The molecule has 1 aliphatic rings. The predicted molar refractivity (Wildman–Crippen MR) is 51.3 cm³/mol. The van der Waals surface area contributed by atoms with E-state index >= 15 is 0 Å². The van der Waals surface area contributed by atoms with E-state index in [1.807, 2.05) is 0 Å². The molecular formula is C10H19NO2. The van der Waals surface area contributed by atoms with Crippen LogP contribution in [0, 0.1) is 5.41 Å². The molecule has 0 aromatic carbocycles. The zero-order chi connectivity index (χ0) is 9.90. The second-order valence-corrected chi connectivity index (χ2v) is 4.59. The van der Waals surface area contributed by atoms with Crippen molar-refractivity contribution in [2.45, 2.75) is 33.1 Å². The van der Waals surface area contributed by atoms with Crippen LogP contribution in [0.5, 0.6) is 0 Å². The van der Waals surface area contributed by atoms with Crippen LogP contribution in [0.4, 0.5) is 0 Å². The topological polar surface area (TPSA) is 40.5 Å². The summed E-state index contributed by atoms with van der Waals surface area (Å²) in [4.78, 5) is 13.1. The third-order valence-electron chi connectivity index (χ3n) is 2.64. The molecule has 1 rings (SSSR count). The van der Waals surface area contributed by atoms with Gasteiger partial charge in [-0.1, -0.05) is 20.3 Å². The van der Waals surface area contributed by atoms with Crippen LogP contribution in [-0.4, -0.2) is 35.6 Å². The minimum absolute atomic E-state index is 0.130. The van der Waals surface area contributed by atoms with E-state index in [0.29, 0.717) is 0 Å². The summed E-state index contributed by atoms with van der Waals surface area (Å²) in [6.45, 7) is 5.59. The summed E-state index contributed by atoms with van der Waals surface area (Å²) in [5.41, 5.74) is 0.210. The van der Waals surface area contributed by atoms with Crippen LogP contribution in [-0.2, 0) is 4.79 Å². The van der Waals surface area contributed by atoms with Crippen molar-refractivity contribution in [2.24, 2.45) is 5.41 Å². The zero-order valence-electron chi connectivity index (χ0n) is 8.55. The van der Waals surface area contributed by atoms with E-state index in [-0.39, 0.29) is 17.9 Å². The highest BCUT2D eigenvalue weighted by Gasteiger charge is 2.26. The molecule has 0 unspecified atom stereocenters. The fraction of sp³-hybridized carbons (Fsp3) is 0.900. The molecule has 0 saturated carbocycles. The maximum absolute atomic E-state index is 11.3. The van der Waals surface area contributed by atoms with Crippen LogP contribution in [0.2, 0.25) is 0 Å². The third kappa shape index (κ3) is 2.99. The van der Waals surface area contributed by atoms with Gasteiger partial charge in [-0.2, -0.15) is 0 Å². The second kappa shape index (κ2) is 4.09. The van der Waals surface area contributed by atoms with Gasteiger partial charge in [0.2, 0.25) is 5.91 Å². The molecule has 0 radical (unpaired) electrons. The van der Waals surface area contributed by atoms with Crippen LogP contribution < -0.4 is 0 Å². The lowest BCUT2D eigenvalue weighted by molar-refractivity contribution is -0.135. The van der Waals surface area contributed by atoms with Crippen LogP contribution in [0.15, 0.2) is 0 Å². The summed E-state index contributed by atoms with van der Waals surface area (Å²) >= 11 is 0. The minimum Gasteiger partial charge on any atom is -0.387 e. The predicted octanol–water partition coefficient (Wildman–Crippen LogP) is 1.02. The average molecular weight is 185 g/mol. The summed E-state index contributed by atoms with van der Waals surface area (Å²) in [6.07, 6.45) is 3.42. The number of hydrogen-bond donors (Lipinski definition) is 1. The molecule has 1 N–H and O–H groups in total. The number of likely N-dealkylation sites (tertiary alicyclic amines) is 1. The van der Waals surface area contributed by atoms with Crippen molar-refractivity contribution in [1.82, 2.24) is 4.90 Å². The smallest absolute Gasteiger partial charge is 0.248 e. The van der Waals surface area contributed by atoms with E-state index in [9.17, 15) is 4.79 Å². The first kappa shape index (κ1) is 10.5. The molecule has 0 aromatic rings. The lowest BCUT2D eigenvalue weighted by Gasteiger charge is -2.29. The highest BCUT2D eigenvalue weighted by molar-refractivity contribution is 5.77. The average Bonchev–Trinajstić information content (AvgIpc) is 2.25. The maximum atomic E-state index is 11.3. The summed E-state index contributed by atoms with van der Waals surface area (Å²) in [5, 5.41) is 8.76. The first-order valence-electron chi connectivity index (χ1n) is 4.94. The molecule has 0 aromatic heterocycles. The van der Waals surface area contributed by atoms with Crippen LogP contribution in [0.1, 0.15) is 33.1 Å². The van der Waals surface area contributed by atoms with Gasteiger partial charge in [-0.25, -0.2) is 0 Å². The van der Waals surface area contributed by atoms with Crippen molar-refractivity contribution in [1.29, 1.82) is 0 Å². The van der Waals surface area contributed by atoms with Crippen molar-refractivity contribution in [3.05, 3.63) is 0 Å². The van der Waals surface area contributed by atoms with Gasteiger partial charge in [0, 0.05) is 13.1 Å². The molecule has 3 nitrogen and oxygen atoms in total. The normalized spacial score (nSPS) is 22.5. The van der Waals surface area contributed by atoms with Crippen molar-refractivity contribution in [3.63, 3.8) is 0 Å². The van der Waals surface area contributed by atoms with E-state index in [4.69, 9.17) is 5.11 Å². The fourth-order valence-corrected chi connectivity index (χ4v) is 1.89. The van der Waals surface area contributed by atoms with Crippen molar-refractivity contribution >= 4 is 5.91 Å². The van der Waals surface area contributed by atoms with Crippen LogP contribution >= 0.6 is 0 Å². The van der Waals surface area contributed by atoms with E-state index in [2.05, 4.69) is 13.8 Å². The molecule has 1 fully saturated rings. The standard InChI is InChI=1S/C10H19NO2/c1-10(2)5-3-4-6-11(8-10)9(13)7-12/h12H,3-8H2,1-2H3. The summed E-state index contributed by atoms with van der Waals surface area (Å²) < 4.78 is 0. The number of aliphatic hydroxyl groups is 1.